The fraction of sp³-hybridized carbons (Fsp3) is 0.632. The van der Waals surface area contributed by atoms with E-state index in [0.717, 1.165) is 0 Å². The number of carbonyl (C=O) groups is 7. The number of carbonyl (C=O) groups excluding carboxylic acids is 4. The Hall–Kier alpha value is -3.79. The van der Waals surface area contributed by atoms with Crippen LogP contribution >= 0.6 is 0 Å². The first-order valence-corrected chi connectivity index (χ1v) is 10.6. The third kappa shape index (κ3) is 13.5. The minimum Gasteiger partial charge on any atom is -0.481 e. The molecule has 4 atom stereocenters. The molecule has 16 nitrogen and oxygen atoms in total. The molecule has 0 rings (SSSR count). The fourth-order valence-corrected chi connectivity index (χ4v) is 2.78. The van der Waals surface area contributed by atoms with E-state index in [0.29, 0.717) is 12.8 Å². The highest BCUT2D eigenvalue weighted by atomic mass is 16.4. The van der Waals surface area contributed by atoms with E-state index in [4.69, 9.17) is 32.5 Å². The summed E-state index contributed by atoms with van der Waals surface area (Å²) in [5, 5.41) is 33.1. The molecule has 198 valence electrons. The van der Waals surface area contributed by atoms with E-state index in [-0.39, 0.29) is 25.8 Å². The van der Waals surface area contributed by atoms with Gasteiger partial charge in [0, 0.05) is 6.42 Å². The number of nitrogens with two attached hydrogens (primary N) is 3. The van der Waals surface area contributed by atoms with E-state index in [1.165, 1.54) is 0 Å². The SMILES string of the molecule is NCCCCC(NC(=O)C(N)CCC(=O)O)C(=O)NC(CC(N)=O)C(=O)NC(CC(=O)O)C(=O)O. The Kier molecular flexibility index (Phi) is 14.2. The molecule has 0 bridgehead atoms. The summed E-state index contributed by atoms with van der Waals surface area (Å²) < 4.78 is 0. The maximum Gasteiger partial charge on any atom is 0.326 e. The van der Waals surface area contributed by atoms with Gasteiger partial charge in [0.15, 0.2) is 0 Å². The van der Waals surface area contributed by atoms with Gasteiger partial charge in [-0.2, -0.15) is 0 Å². The van der Waals surface area contributed by atoms with Gasteiger partial charge in [-0.25, -0.2) is 4.79 Å². The second-order valence-corrected chi connectivity index (χ2v) is 7.61. The lowest BCUT2D eigenvalue weighted by Gasteiger charge is -2.24. The van der Waals surface area contributed by atoms with Crippen LogP contribution in [0.5, 0.6) is 0 Å². The van der Waals surface area contributed by atoms with E-state index < -0.39 is 78.5 Å². The van der Waals surface area contributed by atoms with E-state index in [9.17, 15) is 33.6 Å². The van der Waals surface area contributed by atoms with Crippen molar-refractivity contribution in [2.75, 3.05) is 6.54 Å². The van der Waals surface area contributed by atoms with Crippen molar-refractivity contribution in [1.29, 1.82) is 0 Å². The van der Waals surface area contributed by atoms with Crippen molar-refractivity contribution in [1.82, 2.24) is 16.0 Å². The van der Waals surface area contributed by atoms with Gasteiger partial charge in [0.2, 0.25) is 23.6 Å². The largest absolute Gasteiger partial charge is 0.481 e. The molecule has 12 N–H and O–H groups in total. The molecule has 0 radical (unpaired) electrons. The van der Waals surface area contributed by atoms with Crippen LogP contribution in [-0.4, -0.2) is 87.6 Å². The molecular weight excluding hydrogens is 472 g/mol. The Labute approximate surface area is 199 Å². The number of amides is 4. The van der Waals surface area contributed by atoms with Crippen LogP contribution in [-0.2, 0) is 33.6 Å². The number of primary amides is 1. The summed E-state index contributed by atoms with van der Waals surface area (Å²) in [6, 6.07) is -6.03. The van der Waals surface area contributed by atoms with Crippen LogP contribution in [0.3, 0.4) is 0 Å². The first-order valence-electron chi connectivity index (χ1n) is 10.6. The Balaban J connectivity index is 5.53. The van der Waals surface area contributed by atoms with Crippen LogP contribution in [0.25, 0.3) is 0 Å². The number of unbranched alkanes of at least 4 members (excludes halogenated alkanes) is 1. The monoisotopic (exact) mass is 504 g/mol. The predicted molar refractivity (Wildman–Crippen MR) is 117 cm³/mol. The lowest BCUT2D eigenvalue weighted by molar-refractivity contribution is -0.147. The molecule has 0 saturated carbocycles. The zero-order chi connectivity index (χ0) is 27.1. The van der Waals surface area contributed by atoms with Gasteiger partial charge in [-0.3, -0.25) is 28.8 Å². The van der Waals surface area contributed by atoms with E-state index in [1.54, 1.807) is 0 Å². The summed E-state index contributed by atoms with van der Waals surface area (Å²) in [4.78, 5) is 81.8. The van der Waals surface area contributed by atoms with Crippen molar-refractivity contribution in [3.8, 4) is 0 Å². The third-order valence-corrected chi connectivity index (χ3v) is 4.62. The van der Waals surface area contributed by atoms with Gasteiger partial charge in [0.05, 0.1) is 18.9 Å². The highest BCUT2D eigenvalue weighted by molar-refractivity contribution is 5.96. The molecule has 0 saturated heterocycles. The lowest BCUT2D eigenvalue weighted by Crippen LogP contribution is -2.57. The van der Waals surface area contributed by atoms with Crippen LogP contribution < -0.4 is 33.2 Å². The topological polar surface area (TPSA) is 294 Å². The Morgan fingerprint density at radius 1 is 0.686 bits per heavy atom. The molecule has 0 aromatic carbocycles. The van der Waals surface area contributed by atoms with Crippen LogP contribution in [0.2, 0.25) is 0 Å². The molecule has 0 aliphatic carbocycles. The van der Waals surface area contributed by atoms with Gasteiger partial charge in [-0.15, -0.1) is 0 Å². The lowest BCUT2D eigenvalue weighted by atomic mass is 10.1. The molecule has 0 heterocycles. The smallest absolute Gasteiger partial charge is 0.326 e. The first-order chi connectivity index (χ1) is 16.3. The van der Waals surface area contributed by atoms with Crippen LogP contribution in [0.1, 0.15) is 44.9 Å². The van der Waals surface area contributed by atoms with Crippen LogP contribution in [0.4, 0.5) is 0 Å². The molecule has 0 aromatic rings. The van der Waals surface area contributed by atoms with Gasteiger partial charge in [-0.1, -0.05) is 0 Å². The fourth-order valence-electron chi connectivity index (χ4n) is 2.78. The van der Waals surface area contributed by atoms with Gasteiger partial charge in [0.1, 0.15) is 18.1 Å². The minimum absolute atomic E-state index is 0.0437. The zero-order valence-corrected chi connectivity index (χ0v) is 18.9. The third-order valence-electron chi connectivity index (χ3n) is 4.62. The molecule has 4 amide bonds. The van der Waals surface area contributed by atoms with Crippen molar-refractivity contribution >= 4 is 41.5 Å². The number of carboxylic acid groups (broad SMARTS) is 3. The average Bonchev–Trinajstić information content (AvgIpc) is 2.74. The van der Waals surface area contributed by atoms with Crippen molar-refractivity contribution in [2.24, 2.45) is 17.2 Å². The molecule has 35 heavy (non-hydrogen) atoms. The number of rotatable bonds is 18. The second kappa shape index (κ2) is 15.9. The minimum atomic E-state index is -1.85. The van der Waals surface area contributed by atoms with Crippen molar-refractivity contribution in [2.45, 2.75) is 69.1 Å². The molecule has 0 spiro atoms. The van der Waals surface area contributed by atoms with Crippen molar-refractivity contribution in [3.63, 3.8) is 0 Å². The van der Waals surface area contributed by atoms with Gasteiger partial charge in [0.25, 0.3) is 0 Å². The molecule has 0 aliphatic rings. The summed E-state index contributed by atoms with van der Waals surface area (Å²) in [6.07, 6.45) is -1.42. The van der Waals surface area contributed by atoms with Crippen LogP contribution in [0, 0.1) is 0 Å². The number of hydrogen-bond donors (Lipinski definition) is 9. The molecule has 0 fully saturated rings. The Morgan fingerprint density at radius 2 is 1.23 bits per heavy atom. The second-order valence-electron chi connectivity index (χ2n) is 7.61. The maximum atomic E-state index is 12.8. The molecule has 4 unspecified atom stereocenters. The average molecular weight is 504 g/mol. The number of nitrogens with one attached hydrogen (secondary N) is 3. The molecule has 16 heteroatoms. The number of carboxylic acids is 3. The van der Waals surface area contributed by atoms with Gasteiger partial charge in [-0.05, 0) is 32.2 Å². The molecule has 0 aliphatic heterocycles. The summed E-state index contributed by atoms with van der Waals surface area (Å²) in [7, 11) is 0. The van der Waals surface area contributed by atoms with Gasteiger partial charge < -0.3 is 48.5 Å². The van der Waals surface area contributed by atoms with Crippen molar-refractivity contribution < 1.29 is 48.9 Å². The molecular formula is C19H32N6O10. The summed E-state index contributed by atoms with van der Waals surface area (Å²) in [5.74, 6) is -8.34. The standard InChI is InChI=1S/C19H32N6O10/c20-6-2-1-3-10(23-16(31)9(21)4-5-14(27)28)17(32)24-11(7-13(22)26)18(33)25-12(19(34)35)8-15(29)30/h9-12H,1-8,20-21H2,(H2,22,26)(H,23,31)(H,24,32)(H,25,33)(H,27,28)(H,29,30)(H,34,35). The van der Waals surface area contributed by atoms with Crippen molar-refractivity contribution in [3.05, 3.63) is 0 Å². The highest BCUT2D eigenvalue weighted by Crippen LogP contribution is 2.05. The zero-order valence-electron chi connectivity index (χ0n) is 18.9. The summed E-state index contributed by atoms with van der Waals surface area (Å²) >= 11 is 0. The van der Waals surface area contributed by atoms with E-state index in [2.05, 4.69) is 10.6 Å². The van der Waals surface area contributed by atoms with E-state index in [1.807, 2.05) is 5.32 Å². The number of aliphatic carboxylic acids is 3. The Bertz CT molecular complexity index is 805. The maximum absolute atomic E-state index is 12.8. The predicted octanol–water partition coefficient (Wildman–Crippen LogP) is -3.80. The quantitative estimate of drug-likeness (QED) is 0.0812. The van der Waals surface area contributed by atoms with E-state index >= 15 is 0 Å². The van der Waals surface area contributed by atoms with Gasteiger partial charge >= 0.3 is 17.9 Å². The number of hydrogen-bond acceptors (Lipinski definition) is 9. The molecule has 0 aromatic heterocycles. The first kappa shape index (κ1) is 31.2. The normalized spacial score (nSPS) is 14.0. The highest BCUT2D eigenvalue weighted by Gasteiger charge is 2.31. The summed E-state index contributed by atoms with van der Waals surface area (Å²) in [5.41, 5.74) is 16.2. The van der Waals surface area contributed by atoms with Crippen LogP contribution in [0.15, 0.2) is 0 Å². The summed E-state index contributed by atoms with van der Waals surface area (Å²) in [6.45, 7) is 0.285. The Morgan fingerprint density at radius 3 is 1.71 bits per heavy atom.